The maximum Gasteiger partial charge on any atom is 0.408 e. The van der Waals surface area contributed by atoms with Crippen LogP contribution < -0.4 is 5.32 Å². The van der Waals surface area contributed by atoms with Crippen molar-refractivity contribution in [2.24, 2.45) is 5.92 Å². The first-order chi connectivity index (χ1) is 11.1. The summed E-state index contributed by atoms with van der Waals surface area (Å²) in [5.74, 6) is -1.39. The van der Waals surface area contributed by atoms with Crippen LogP contribution in [-0.4, -0.2) is 23.6 Å². The van der Waals surface area contributed by atoms with Crippen molar-refractivity contribution in [1.82, 2.24) is 5.32 Å². The van der Waals surface area contributed by atoms with Gasteiger partial charge in [0.05, 0.1) is 0 Å². The van der Waals surface area contributed by atoms with Crippen molar-refractivity contribution in [2.75, 3.05) is 0 Å². The van der Waals surface area contributed by atoms with Gasteiger partial charge < -0.3 is 14.8 Å². The molecule has 1 atom stereocenters. The van der Waals surface area contributed by atoms with E-state index in [0.717, 1.165) is 0 Å². The third-order valence-corrected chi connectivity index (χ3v) is 2.82. The Hall–Kier alpha value is -2.37. The van der Waals surface area contributed by atoms with E-state index in [9.17, 15) is 14.4 Å². The molecule has 6 heteroatoms. The standard InChI is InChI=1S/C18H25NO5/c1-12(2)11-14(20)23-16(21)15(13-9-7-6-8-10-13)19-17(22)24-18(3,4)5/h6-10,12,15H,11H2,1-5H3,(H,19,22). The molecule has 0 spiro atoms. The average molecular weight is 335 g/mol. The number of ether oxygens (including phenoxy) is 2. The molecule has 1 aromatic carbocycles. The average Bonchev–Trinajstić information content (AvgIpc) is 2.42. The minimum atomic E-state index is -1.11. The summed E-state index contributed by atoms with van der Waals surface area (Å²) >= 11 is 0. The Morgan fingerprint density at radius 3 is 2.17 bits per heavy atom. The van der Waals surface area contributed by atoms with Crippen LogP contribution in [0.2, 0.25) is 0 Å². The van der Waals surface area contributed by atoms with Gasteiger partial charge in [0.25, 0.3) is 0 Å². The topological polar surface area (TPSA) is 81.7 Å². The lowest BCUT2D eigenvalue weighted by atomic mass is 10.1. The predicted molar refractivity (Wildman–Crippen MR) is 89.1 cm³/mol. The smallest absolute Gasteiger partial charge is 0.408 e. The second kappa shape index (κ2) is 8.47. The third-order valence-electron chi connectivity index (χ3n) is 2.82. The lowest BCUT2D eigenvalue weighted by molar-refractivity contribution is -0.161. The molecule has 0 aromatic heterocycles. The maximum atomic E-state index is 12.3. The van der Waals surface area contributed by atoms with Gasteiger partial charge in [-0.15, -0.1) is 0 Å². The number of nitrogens with one attached hydrogen (secondary N) is 1. The maximum absolute atomic E-state index is 12.3. The van der Waals surface area contributed by atoms with Gasteiger partial charge in [0, 0.05) is 6.42 Å². The van der Waals surface area contributed by atoms with Crippen LogP contribution in [0.4, 0.5) is 4.79 Å². The quantitative estimate of drug-likeness (QED) is 0.659. The third kappa shape index (κ3) is 7.26. The highest BCUT2D eigenvalue weighted by atomic mass is 16.6. The van der Waals surface area contributed by atoms with Crippen LogP contribution in [-0.2, 0) is 19.1 Å². The van der Waals surface area contributed by atoms with E-state index in [1.165, 1.54) is 0 Å². The van der Waals surface area contributed by atoms with Gasteiger partial charge in [-0.05, 0) is 32.3 Å². The van der Waals surface area contributed by atoms with Crippen molar-refractivity contribution in [3.05, 3.63) is 35.9 Å². The molecule has 0 heterocycles. The van der Waals surface area contributed by atoms with E-state index in [2.05, 4.69) is 5.32 Å². The molecule has 1 amide bonds. The molecule has 0 saturated heterocycles. The van der Waals surface area contributed by atoms with Crippen molar-refractivity contribution < 1.29 is 23.9 Å². The zero-order valence-corrected chi connectivity index (χ0v) is 14.8. The molecule has 1 N–H and O–H groups in total. The second-order valence-corrected chi connectivity index (χ2v) is 6.88. The first-order valence-corrected chi connectivity index (χ1v) is 7.87. The molecule has 1 unspecified atom stereocenters. The molecule has 6 nitrogen and oxygen atoms in total. The van der Waals surface area contributed by atoms with Crippen molar-refractivity contribution in [3.8, 4) is 0 Å². The van der Waals surface area contributed by atoms with Crippen LogP contribution in [0.1, 0.15) is 52.6 Å². The highest BCUT2D eigenvalue weighted by molar-refractivity contribution is 5.91. The number of carbonyl (C=O) groups excluding carboxylic acids is 3. The summed E-state index contributed by atoms with van der Waals surface area (Å²) in [6, 6.07) is 7.44. The Kier molecular flexibility index (Phi) is 6.95. The Labute approximate surface area is 142 Å². The highest BCUT2D eigenvalue weighted by Crippen LogP contribution is 2.17. The number of hydrogen-bond donors (Lipinski definition) is 1. The van der Waals surface area contributed by atoms with Crippen molar-refractivity contribution >= 4 is 18.0 Å². The molecule has 0 saturated carbocycles. The fraction of sp³-hybridized carbons (Fsp3) is 0.500. The Morgan fingerprint density at radius 2 is 1.67 bits per heavy atom. The van der Waals surface area contributed by atoms with E-state index in [-0.39, 0.29) is 12.3 Å². The van der Waals surface area contributed by atoms with E-state index < -0.39 is 29.7 Å². The molecular weight excluding hydrogens is 310 g/mol. The van der Waals surface area contributed by atoms with Crippen LogP contribution in [0.3, 0.4) is 0 Å². The minimum absolute atomic E-state index is 0.0688. The zero-order chi connectivity index (χ0) is 18.3. The predicted octanol–water partition coefficient (Wildman–Crippen LogP) is 3.37. The van der Waals surface area contributed by atoms with E-state index in [1.54, 1.807) is 51.1 Å². The summed E-state index contributed by atoms with van der Waals surface area (Å²) in [5.41, 5.74) is -0.200. The van der Waals surface area contributed by atoms with Gasteiger partial charge in [0.1, 0.15) is 5.60 Å². The van der Waals surface area contributed by atoms with E-state index in [1.807, 2.05) is 13.8 Å². The van der Waals surface area contributed by atoms with Crippen molar-refractivity contribution in [3.63, 3.8) is 0 Å². The lowest BCUT2D eigenvalue weighted by Crippen LogP contribution is -2.39. The summed E-state index contributed by atoms with van der Waals surface area (Å²) in [6.07, 6.45) is -0.635. The molecule has 1 aromatic rings. The first kappa shape index (κ1) is 19.7. The molecule has 0 fully saturated rings. The van der Waals surface area contributed by atoms with Crippen LogP contribution in [0, 0.1) is 5.92 Å². The molecule has 132 valence electrons. The van der Waals surface area contributed by atoms with Gasteiger partial charge in [-0.25, -0.2) is 9.59 Å². The van der Waals surface area contributed by atoms with E-state index in [0.29, 0.717) is 5.56 Å². The van der Waals surface area contributed by atoms with Gasteiger partial charge in [-0.3, -0.25) is 4.79 Å². The minimum Gasteiger partial charge on any atom is -0.444 e. The van der Waals surface area contributed by atoms with Gasteiger partial charge >= 0.3 is 18.0 Å². The normalized spacial score (nSPS) is 12.4. The van der Waals surface area contributed by atoms with E-state index >= 15 is 0 Å². The fourth-order valence-electron chi connectivity index (χ4n) is 1.90. The Bertz CT molecular complexity index is 575. The van der Waals surface area contributed by atoms with Gasteiger partial charge in [-0.2, -0.15) is 0 Å². The fourth-order valence-corrected chi connectivity index (χ4v) is 1.90. The summed E-state index contributed by atoms with van der Waals surface area (Å²) < 4.78 is 10.0. The van der Waals surface area contributed by atoms with Crippen LogP contribution in [0.5, 0.6) is 0 Å². The number of carbonyl (C=O) groups is 3. The molecule has 0 radical (unpaired) electrons. The molecule has 0 aliphatic heterocycles. The summed E-state index contributed by atoms with van der Waals surface area (Å²) in [7, 11) is 0. The van der Waals surface area contributed by atoms with Crippen LogP contribution in [0.25, 0.3) is 0 Å². The van der Waals surface area contributed by atoms with Crippen molar-refractivity contribution in [2.45, 2.75) is 52.7 Å². The number of benzene rings is 1. The number of amides is 1. The number of alkyl carbamates (subject to hydrolysis) is 1. The first-order valence-electron chi connectivity index (χ1n) is 7.87. The molecule has 0 aliphatic rings. The van der Waals surface area contributed by atoms with Gasteiger partial charge in [0.15, 0.2) is 6.04 Å². The monoisotopic (exact) mass is 335 g/mol. The van der Waals surface area contributed by atoms with Crippen molar-refractivity contribution in [1.29, 1.82) is 0 Å². The van der Waals surface area contributed by atoms with E-state index in [4.69, 9.17) is 9.47 Å². The molecule has 0 bridgehead atoms. The zero-order valence-electron chi connectivity index (χ0n) is 14.8. The second-order valence-electron chi connectivity index (χ2n) is 6.88. The van der Waals surface area contributed by atoms with Gasteiger partial charge in [0.2, 0.25) is 0 Å². The SMILES string of the molecule is CC(C)CC(=O)OC(=O)C(NC(=O)OC(C)(C)C)c1ccccc1. The number of rotatable bonds is 5. The van der Waals surface area contributed by atoms with Crippen LogP contribution in [0.15, 0.2) is 30.3 Å². The molecule has 1 rings (SSSR count). The molecule has 0 aliphatic carbocycles. The lowest BCUT2D eigenvalue weighted by Gasteiger charge is -2.23. The largest absolute Gasteiger partial charge is 0.444 e. The highest BCUT2D eigenvalue weighted by Gasteiger charge is 2.28. The van der Waals surface area contributed by atoms with Crippen LogP contribution >= 0.6 is 0 Å². The summed E-state index contributed by atoms with van der Waals surface area (Å²) in [4.78, 5) is 36.0. The Morgan fingerprint density at radius 1 is 1.08 bits per heavy atom. The summed E-state index contributed by atoms with van der Waals surface area (Å²) in [6.45, 7) is 8.84. The van der Waals surface area contributed by atoms with Gasteiger partial charge in [-0.1, -0.05) is 44.2 Å². The molecule has 24 heavy (non-hydrogen) atoms. The Balaban J connectivity index is 2.88. The number of hydrogen-bond acceptors (Lipinski definition) is 5. The molecular formula is C18H25NO5. The summed E-state index contributed by atoms with van der Waals surface area (Å²) in [5, 5.41) is 2.46. The number of esters is 2.